The van der Waals surface area contributed by atoms with Gasteiger partial charge in [-0.1, -0.05) is 91.4 Å². The van der Waals surface area contributed by atoms with E-state index in [0.29, 0.717) is 25.1 Å². The van der Waals surface area contributed by atoms with Gasteiger partial charge in [0, 0.05) is 49.7 Å². The maximum atomic E-state index is 14.6. The Morgan fingerprint density at radius 1 is 1.04 bits per heavy atom. The SMILES string of the molecule is C=CCNCC(=O)N1[C@@H](NC(=O)NCc2ccccc2)CN(Cc2cccc3c(C(C)=O)cn(CCC)c23)C(=O)[C@@H]1CC1=CCC=C(C)C=C1. The van der Waals surface area contributed by atoms with E-state index in [1.807, 2.05) is 73.8 Å². The number of carbonyl (C=O) groups excluding carboxylic acids is 4. The predicted molar refractivity (Wildman–Crippen MR) is 197 cm³/mol. The third-order valence-corrected chi connectivity index (χ3v) is 9.10. The number of piperazine rings is 1. The zero-order chi connectivity index (χ0) is 35.6. The molecule has 2 heterocycles. The lowest BCUT2D eigenvalue weighted by molar-refractivity contribution is -0.156. The minimum Gasteiger partial charge on any atom is -0.346 e. The van der Waals surface area contributed by atoms with Gasteiger partial charge in [-0.15, -0.1) is 6.58 Å². The monoisotopic (exact) mass is 676 g/mol. The minimum absolute atomic E-state index is 0.0180. The highest BCUT2D eigenvalue weighted by molar-refractivity contribution is 6.07. The molecular formula is C40H48N6O4. The van der Waals surface area contributed by atoms with Gasteiger partial charge in [-0.3, -0.25) is 14.4 Å². The van der Waals surface area contributed by atoms with Crippen molar-refractivity contribution in [3.63, 3.8) is 0 Å². The number of ketones is 1. The Balaban J connectivity index is 1.52. The number of fused-ring (bicyclic) bond motifs is 1. The van der Waals surface area contributed by atoms with Gasteiger partial charge in [-0.05, 0) is 43.4 Å². The van der Waals surface area contributed by atoms with Crippen molar-refractivity contribution >= 4 is 34.5 Å². The number of hydrogen-bond acceptors (Lipinski definition) is 5. The van der Waals surface area contributed by atoms with Crippen molar-refractivity contribution in [1.82, 2.24) is 30.3 Å². The van der Waals surface area contributed by atoms with E-state index in [1.165, 1.54) is 0 Å². The van der Waals surface area contributed by atoms with E-state index in [4.69, 9.17) is 0 Å². The fraction of sp³-hybridized carbons (Fsp3) is 0.350. The molecule has 1 aliphatic carbocycles. The summed E-state index contributed by atoms with van der Waals surface area (Å²) >= 11 is 0. The Labute approximate surface area is 294 Å². The molecule has 0 bridgehead atoms. The molecule has 1 aliphatic heterocycles. The highest BCUT2D eigenvalue weighted by atomic mass is 16.2. The maximum Gasteiger partial charge on any atom is 0.316 e. The molecule has 1 saturated heterocycles. The van der Waals surface area contributed by atoms with Gasteiger partial charge in [0.2, 0.25) is 11.8 Å². The molecule has 2 aliphatic rings. The molecule has 1 fully saturated rings. The number of aromatic nitrogens is 1. The van der Waals surface area contributed by atoms with E-state index < -0.39 is 18.2 Å². The average Bonchev–Trinajstić information content (AvgIpc) is 3.35. The molecule has 2 aromatic carbocycles. The number of nitrogens with zero attached hydrogens (tertiary/aromatic N) is 3. The Bertz CT molecular complexity index is 1820. The van der Waals surface area contributed by atoms with E-state index in [1.54, 1.807) is 22.8 Å². The number of benzene rings is 2. The van der Waals surface area contributed by atoms with Crippen molar-refractivity contribution in [2.75, 3.05) is 19.6 Å². The lowest BCUT2D eigenvalue weighted by atomic mass is 9.98. The first-order valence-corrected chi connectivity index (χ1v) is 17.4. The van der Waals surface area contributed by atoms with E-state index >= 15 is 0 Å². The van der Waals surface area contributed by atoms with Crippen molar-refractivity contribution in [3.05, 3.63) is 120 Å². The van der Waals surface area contributed by atoms with Gasteiger partial charge in [0.1, 0.15) is 12.2 Å². The Hall–Kier alpha value is -5.22. The van der Waals surface area contributed by atoms with Gasteiger partial charge in [0.05, 0.1) is 18.6 Å². The van der Waals surface area contributed by atoms with E-state index in [0.717, 1.165) is 46.1 Å². The summed E-state index contributed by atoms with van der Waals surface area (Å²) in [6.07, 6.45) is 12.8. The van der Waals surface area contributed by atoms with Gasteiger partial charge in [0.25, 0.3) is 0 Å². The Morgan fingerprint density at radius 3 is 2.58 bits per heavy atom. The molecule has 0 saturated carbocycles. The third kappa shape index (κ3) is 8.67. The van der Waals surface area contributed by atoms with Crippen LogP contribution >= 0.6 is 0 Å². The van der Waals surface area contributed by atoms with Crippen LogP contribution in [0.15, 0.2) is 103 Å². The van der Waals surface area contributed by atoms with Gasteiger partial charge < -0.3 is 30.3 Å². The summed E-state index contributed by atoms with van der Waals surface area (Å²) in [5.41, 5.74) is 5.45. The zero-order valence-electron chi connectivity index (χ0n) is 29.3. The molecule has 262 valence electrons. The van der Waals surface area contributed by atoms with E-state index in [-0.39, 0.29) is 43.7 Å². The summed E-state index contributed by atoms with van der Waals surface area (Å²) in [4.78, 5) is 58.0. The minimum atomic E-state index is -0.870. The largest absolute Gasteiger partial charge is 0.346 e. The number of para-hydroxylation sites is 1. The summed E-state index contributed by atoms with van der Waals surface area (Å²) in [5.74, 6) is -0.517. The number of Topliss-reactive ketones (excluding diaryl/α,β-unsaturated/α-hetero) is 1. The number of aryl methyl sites for hydroxylation is 1. The standard InChI is InChI=1S/C40H48N6O4/c1-5-20-41-24-37(48)46-35(22-30-15-10-12-28(3)18-19-30)39(49)45(27-36(46)43-40(50)42-23-31-13-8-7-9-14-31)25-32-16-11-17-33-34(29(4)47)26-44(21-6-2)38(32)33/h5,7-9,11-19,26,35-36,41H,1,6,10,20-25,27H2,2-4H3,(H2,42,43,50)/t35-,36+/m0/s1. The summed E-state index contributed by atoms with van der Waals surface area (Å²) < 4.78 is 2.09. The van der Waals surface area contributed by atoms with Crippen molar-refractivity contribution in [1.29, 1.82) is 0 Å². The molecule has 10 heteroatoms. The number of carbonyl (C=O) groups is 4. The fourth-order valence-corrected chi connectivity index (χ4v) is 6.69. The molecule has 3 aromatic rings. The number of urea groups is 1. The number of nitrogens with one attached hydrogen (secondary N) is 3. The Morgan fingerprint density at radius 2 is 1.84 bits per heavy atom. The van der Waals surface area contributed by atoms with Crippen molar-refractivity contribution in [2.24, 2.45) is 0 Å². The maximum absolute atomic E-state index is 14.6. The highest BCUT2D eigenvalue weighted by Crippen LogP contribution is 2.30. The van der Waals surface area contributed by atoms with Crippen LogP contribution in [-0.2, 0) is 29.2 Å². The molecule has 3 N–H and O–H groups in total. The van der Waals surface area contributed by atoms with E-state index in [9.17, 15) is 19.2 Å². The highest BCUT2D eigenvalue weighted by Gasteiger charge is 2.44. The molecular weight excluding hydrogens is 628 g/mol. The van der Waals surface area contributed by atoms with Gasteiger partial charge in [-0.25, -0.2) is 4.79 Å². The molecule has 0 unspecified atom stereocenters. The average molecular weight is 677 g/mol. The topological polar surface area (TPSA) is 116 Å². The van der Waals surface area contributed by atoms with Crippen LogP contribution in [0.25, 0.3) is 10.9 Å². The molecule has 10 nitrogen and oxygen atoms in total. The van der Waals surface area contributed by atoms with Crippen LogP contribution in [0.5, 0.6) is 0 Å². The van der Waals surface area contributed by atoms with Crippen molar-refractivity contribution in [2.45, 2.75) is 71.9 Å². The number of allylic oxidation sites excluding steroid dienone is 5. The van der Waals surface area contributed by atoms with Crippen LogP contribution in [0.3, 0.4) is 0 Å². The van der Waals surface area contributed by atoms with Crippen LogP contribution in [0.1, 0.15) is 61.5 Å². The molecule has 50 heavy (non-hydrogen) atoms. The van der Waals surface area contributed by atoms with Gasteiger partial charge >= 0.3 is 6.03 Å². The normalized spacial score (nSPS) is 17.6. The van der Waals surface area contributed by atoms with Crippen molar-refractivity contribution in [3.8, 4) is 0 Å². The molecule has 0 radical (unpaired) electrons. The summed E-state index contributed by atoms with van der Waals surface area (Å²) in [5, 5.41) is 9.88. The van der Waals surface area contributed by atoms with Gasteiger partial charge in [0.15, 0.2) is 5.78 Å². The lowest BCUT2D eigenvalue weighted by Crippen LogP contribution is -2.69. The second-order valence-corrected chi connectivity index (χ2v) is 12.9. The van der Waals surface area contributed by atoms with Crippen LogP contribution in [0.4, 0.5) is 4.79 Å². The second-order valence-electron chi connectivity index (χ2n) is 12.9. The molecule has 1 aromatic heterocycles. The van der Waals surface area contributed by atoms with Crippen LogP contribution in [0, 0.1) is 0 Å². The van der Waals surface area contributed by atoms with Crippen LogP contribution in [0.2, 0.25) is 0 Å². The smallest absolute Gasteiger partial charge is 0.316 e. The first-order valence-electron chi connectivity index (χ1n) is 17.4. The molecule has 0 spiro atoms. The summed E-state index contributed by atoms with van der Waals surface area (Å²) in [7, 11) is 0. The lowest BCUT2D eigenvalue weighted by Gasteiger charge is -2.46. The fourth-order valence-electron chi connectivity index (χ4n) is 6.69. The summed E-state index contributed by atoms with van der Waals surface area (Å²) in [6, 6.07) is 14.1. The Kier molecular flexibility index (Phi) is 12.2. The first-order chi connectivity index (χ1) is 24.2. The molecule has 4 amide bonds. The third-order valence-electron chi connectivity index (χ3n) is 9.10. The number of amides is 4. The number of hydrogen-bond donors (Lipinski definition) is 3. The molecule has 2 atom stereocenters. The van der Waals surface area contributed by atoms with Crippen LogP contribution in [-0.4, -0.2) is 69.8 Å². The second kappa shape index (κ2) is 16.9. The van der Waals surface area contributed by atoms with Gasteiger partial charge in [-0.2, -0.15) is 0 Å². The van der Waals surface area contributed by atoms with Crippen molar-refractivity contribution < 1.29 is 19.2 Å². The summed E-state index contributed by atoms with van der Waals surface area (Å²) in [6.45, 7) is 11.2. The predicted octanol–water partition coefficient (Wildman–Crippen LogP) is 5.62. The number of rotatable bonds is 14. The first kappa shape index (κ1) is 36.1. The van der Waals surface area contributed by atoms with E-state index in [2.05, 4.69) is 46.2 Å². The molecule has 5 rings (SSSR count). The quantitative estimate of drug-likeness (QED) is 0.117. The van der Waals surface area contributed by atoms with Crippen LogP contribution < -0.4 is 16.0 Å². The zero-order valence-corrected chi connectivity index (χ0v) is 29.3.